The number of aldehydes is 1. The molecule has 0 aliphatic carbocycles. The average Bonchev–Trinajstić information content (AvgIpc) is 3.09. The van der Waals surface area contributed by atoms with Gasteiger partial charge in [0.2, 0.25) is 5.88 Å². The van der Waals surface area contributed by atoms with E-state index in [1.165, 1.54) is 26.6 Å². The van der Waals surface area contributed by atoms with Crippen molar-refractivity contribution in [1.82, 2.24) is 24.7 Å². The van der Waals surface area contributed by atoms with Crippen molar-refractivity contribution < 1.29 is 33.3 Å². The number of benzene rings is 2. The summed E-state index contributed by atoms with van der Waals surface area (Å²) in [6, 6.07) is 14.2. The Morgan fingerprint density at radius 3 is 1.91 bits per heavy atom. The van der Waals surface area contributed by atoms with Crippen molar-refractivity contribution in [2.75, 3.05) is 40.2 Å². The van der Waals surface area contributed by atoms with Gasteiger partial charge in [-0.15, -0.1) is 0 Å². The van der Waals surface area contributed by atoms with Crippen LogP contribution < -0.4 is 14.2 Å². The van der Waals surface area contributed by atoms with Crippen LogP contribution in [-0.4, -0.2) is 78.4 Å². The maximum Gasteiger partial charge on any atom is 0.358 e. The van der Waals surface area contributed by atoms with E-state index in [2.05, 4.69) is 41.1 Å². The molecule has 0 saturated heterocycles. The lowest BCUT2D eigenvalue weighted by Crippen LogP contribution is -2.08. The van der Waals surface area contributed by atoms with Gasteiger partial charge in [-0.05, 0) is 45.2 Å². The first-order chi connectivity index (χ1) is 21.8. The van der Waals surface area contributed by atoms with Crippen LogP contribution in [0.3, 0.4) is 0 Å². The summed E-state index contributed by atoms with van der Waals surface area (Å²) < 4.78 is 23.1. The number of hydrogen-bond donors (Lipinski definition) is 1. The Hall–Kier alpha value is -4.88. The van der Waals surface area contributed by atoms with E-state index in [-0.39, 0.29) is 11.4 Å². The molecule has 0 radical (unpaired) electrons. The van der Waals surface area contributed by atoms with Crippen molar-refractivity contribution in [1.29, 1.82) is 0 Å². The molecule has 0 saturated carbocycles. The molecule has 0 spiro atoms. The lowest BCUT2D eigenvalue weighted by atomic mass is 10.1. The quantitative estimate of drug-likeness (QED) is 0.128. The predicted molar refractivity (Wildman–Crippen MR) is 173 cm³/mol. The molecule has 45 heavy (non-hydrogen) atoms. The van der Waals surface area contributed by atoms with Crippen LogP contribution in [0.2, 0.25) is 0 Å². The normalized spacial score (nSPS) is 9.82. The lowest BCUT2D eigenvalue weighted by Gasteiger charge is -2.10. The molecule has 0 unspecified atom stereocenters. The third kappa shape index (κ3) is 11.6. The minimum Gasteiger partial charge on any atom is -0.494 e. The first kappa shape index (κ1) is 36.3. The topological polar surface area (TPSA) is 152 Å². The van der Waals surface area contributed by atoms with Crippen LogP contribution >= 0.6 is 11.9 Å². The van der Waals surface area contributed by atoms with Crippen molar-refractivity contribution >= 4 is 30.2 Å². The molecular weight excluding hydrogens is 598 g/mol. The fraction of sp³-hybridized carbons (Fsp3) is 0.281. The molecule has 13 heteroatoms. The second-order valence-corrected chi connectivity index (χ2v) is 9.72. The van der Waals surface area contributed by atoms with Crippen LogP contribution in [0.15, 0.2) is 67.1 Å². The molecule has 0 aliphatic heterocycles. The van der Waals surface area contributed by atoms with Gasteiger partial charge in [-0.2, -0.15) is 0 Å². The number of hydrogen-bond acceptors (Lipinski definition) is 13. The van der Waals surface area contributed by atoms with E-state index in [0.717, 1.165) is 28.9 Å². The Balaban J connectivity index is 0.000000277. The Morgan fingerprint density at radius 2 is 1.40 bits per heavy atom. The van der Waals surface area contributed by atoms with E-state index in [9.17, 15) is 14.4 Å². The monoisotopic (exact) mass is 635 g/mol. The highest BCUT2D eigenvalue weighted by molar-refractivity contribution is 7.97. The summed E-state index contributed by atoms with van der Waals surface area (Å²) in [4.78, 5) is 50.0. The second kappa shape index (κ2) is 20.1. The van der Waals surface area contributed by atoms with Crippen LogP contribution in [0, 0.1) is 0 Å². The summed E-state index contributed by atoms with van der Waals surface area (Å²) in [5, 5.41) is 0. The van der Waals surface area contributed by atoms with Gasteiger partial charge in [-0.1, -0.05) is 43.1 Å². The minimum atomic E-state index is -0.539. The van der Waals surface area contributed by atoms with Gasteiger partial charge >= 0.3 is 11.9 Å². The van der Waals surface area contributed by atoms with E-state index in [1.54, 1.807) is 42.4 Å². The van der Waals surface area contributed by atoms with E-state index >= 15 is 0 Å². The van der Waals surface area contributed by atoms with Crippen molar-refractivity contribution in [2.24, 2.45) is 0 Å². The molecule has 0 aliphatic rings. The number of rotatable bonds is 11. The molecule has 2 aromatic carbocycles. The van der Waals surface area contributed by atoms with Gasteiger partial charge in [0.1, 0.15) is 17.7 Å². The number of esters is 2. The van der Waals surface area contributed by atoms with Gasteiger partial charge in [0.25, 0.3) is 0 Å². The molecule has 4 aromatic rings. The number of aromatic nitrogens is 4. The number of carbonyl (C=O) groups is 3. The third-order valence-electron chi connectivity index (χ3n) is 5.51. The summed E-state index contributed by atoms with van der Waals surface area (Å²) in [6.45, 7) is 6.95. The van der Waals surface area contributed by atoms with Gasteiger partial charge in [0.05, 0.1) is 51.7 Å². The zero-order valence-electron chi connectivity index (χ0n) is 26.1. The summed E-state index contributed by atoms with van der Waals surface area (Å²) in [5.41, 5.74) is 3.47. The van der Waals surface area contributed by atoms with Gasteiger partial charge < -0.3 is 18.9 Å². The number of ether oxygens (including phenoxy) is 4. The fourth-order valence-corrected chi connectivity index (χ4v) is 3.76. The average molecular weight is 636 g/mol. The van der Waals surface area contributed by atoms with Crippen molar-refractivity contribution in [3.63, 3.8) is 0 Å². The SMILES string of the molecule is CCOc1ccc(-c2nc(C(=O)OC)cnc2OCC)cc1.CCSNC.COC(=O)c1cncc(-c2ccc(C=O)cc2)n1. The van der Waals surface area contributed by atoms with Crippen LogP contribution in [-0.2, 0) is 9.47 Å². The molecule has 4 rings (SSSR count). The number of nitrogens with one attached hydrogen (secondary N) is 1. The second-order valence-electron chi connectivity index (χ2n) is 8.45. The van der Waals surface area contributed by atoms with E-state index in [0.29, 0.717) is 36.0 Å². The standard InChI is InChI=1S/C16H18N2O4.C13H10N2O3.C3H9NS/c1-4-21-12-8-6-11(7-9-12)14-15(22-5-2)17-10-13(18-14)16(19)20-3;1-18-13(17)12-7-14-6-11(15-12)10-4-2-9(8-16)3-5-10;1-3-5-4-2/h6-10H,4-5H2,1-3H3;2-8H,1H3;4H,3H2,1-2H3. The molecule has 12 nitrogen and oxygen atoms in total. The Bertz CT molecular complexity index is 1500. The van der Waals surface area contributed by atoms with Crippen LogP contribution in [0.1, 0.15) is 52.1 Å². The summed E-state index contributed by atoms with van der Waals surface area (Å²) >= 11 is 1.71. The molecule has 0 fully saturated rings. The molecule has 0 amide bonds. The lowest BCUT2D eigenvalue weighted by molar-refractivity contribution is 0.0584. The summed E-state index contributed by atoms with van der Waals surface area (Å²) in [6.07, 6.45) is 4.99. The van der Waals surface area contributed by atoms with Crippen molar-refractivity contribution in [3.8, 4) is 34.1 Å². The Kier molecular flexibility index (Phi) is 16.3. The molecule has 0 atom stereocenters. The van der Waals surface area contributed by atoms with Gasteiger partial charge in [0, 0.05) is 22.4 Å². The van der Waals surface area contributed by atoms with Gasteiger partial charge in [0.15, 0.2) is 11.4 Å². The van der Waals surface area contributed by atoms with E-state index in [4.69, 9.17) is 9.47 Å². The first-order valence-corrected chi connectivity index (χ1v) is 14.9. The highest BCUT2D eigenvalue weighted by atomic mass is 32.2. The predicted octanol–water partition coefficient (Wildman–Crippen LogP) is 5.34. The fourth-order valence-electron chi connectivity index (χ4n) is 3.47. The smallest absolute Gasteiger partial charge is 0.358 e. The van der Waals surface area contributed by atoms with E-state index in [1.807, 2.05) is 45.2 Å². The van der Waals surface area contributed by atoms with Gasteiger partial charge in [-0.25, -0.2) is 24.5 Å². The molecule has 238 valence electrons. The maximum atomic E-state index is 11.6. The first-order valence-electron chi connectivity index (χ1n) is 13.9. The van der Waals surface area contributed by atoms with Crippen molar-refractivity contribution in [3.05, 3.63) is 84.1 Å². The summed E-state index contributed by atoms with van der Waals surface area (Å²) in [5.74, 6) is 1.22. The largest absolute Gasteiger partial charge is 0.494 e. The van der Waals surface area contributed by atoms with Crippen LogP contribution in [0.4, 0.5) is 0 Å². The van der Waals surface area contributed by atoms with Crippen LogP contribution in [0.25, 0.3) is 22.5 Å². The maximum absolute atomic E-state index is 11.6. The van der Waals surface area contributed by atoms with Crippen molar-refractivity contribution in [2.45, 2.75) is 20.8 Å². The van der Waals surface area contributed by atoms with Crippen LogP contribution in [0.5, 0.6) is 11.6 Å². The van der Waals surface area contributed by atoms with E-state index < -0.39 is 11.9 Å². The summed E-state index contributed by atoms with van der Waals surface area (Å²) in [7, 11) is 4.51. The Labute approximate surface area is 267 Å². The Morgan fingerprint density at radius 1 is 0.800 bits per heavy atom. The third-order valence-corrected chi connectivity index (χ3v) is 6.09. The highest BCUT2D eigenvalue weighted by Gasteiger charge is 2.16. The zero-order valence-corrected chi connectivity index (χ0v) is 26.9. The van der Waals surface area contributed by atoms with Gasteiger partial charge in [-0.3, -0.25) is 14.5 Å². The molecule has 2 heterocycles. The molecule has 2 aromatic heterocycles. The minimum absolute atomic E-state index is 0.134. The molecule has 1 N–H and O–H groups in total. The molecule has 0 bridgehead atoms. The molecular formula is C32H37N5O7S. The number of nitrogens with zero attached hydrogens (tertiary/aromatic N) is 4. The number of carbonyl (C=O) groups excluding carboxylic acids is 3. The number of methoxy groups -OCH3 is 2. The zero-order chi connectivity index (χ0) is 33.0. The highest BCUT2D eigenvalue weighted by Crippen LogP contribution is 2.28.